The van der Waals surface area contributed by atoms with E-state index < -0.39 is 5.97 Å². The molecule has 10 nitrogen and oxygen atoms in total. The van der Waals surface area contributed by atoms with Gasteiger partial charge in [0.25, 0.3) is 0 Å². The van der Waals surface area contributed by atoms with Gasteiger partial charge in [-0.05, 0) is 13.8 Å². The Morgan fingerprint density at radius 2 is 2.03 bits per heavy atom. The summed E-state index contributed by atoms with van der Waals surface area (Å²) in [6, 6.07) is 5.16. The summed E-state index contributed by atoms with van der Waals surface area (Å²) in [7, 11) is 1.62. The molecule has 0 atom stereocenters. The number of aromatic nitrogens is 4. The maximum absolute atomic E-state index is 11.1. The Labute approximate surface area is 167 Å². The smallest absolute Gasteiger partial charge is 0.309 e. The van der Waals surface area contributed by atoms with E-state index >= 15 is 0 Å². The number of H-pyrrole nitrogens is 1. The number of methoxy groups -OCH3 is 1. The number of nitrogens with zero attached hydrogens (tertiary/aromatic N) is 3. The minimum absolute atomic E-state index is 0.0665. The summed E-state index contributed by atoms with van der Waals surface area (Å²) in [5.41, 5.74) is 0.646. The highest BCUT2D eigenvalue weighted by atomic mass is 16.5. The number of hydrogen-bond donors (Lipinski definition) is 2. The highest BCUT2D eigenvalue weighted by Crippen LogP contribution is 2.36. The highest BCUT2D eigenvalue weighted by molar-refractivity contribution is 5.96. The topological polar surface area (TPSA) is 120 Å². The lowest BCUT2D eigenvalue weighted by Gasteiger charge is -2.16. The van der Waals surface area contributed by atoms with E-state index in [0.717, 1.165) is 0 Å². The van der Waals surface area contributed by atoms with Gasteiger partial charge in [0.1, 0.15) is 36.1 Å². The van der Waals surface area contributed by atoms with Gasteiger partial charge in [0.05, 0.1) is 23.6 Å². The van der Waals surface area contributed by atoms with E-state index in [0.29, 0.717) is 47.3 Å². The van der Waals surface area contributed by atoms with Crippen LogP contribution in [-0.2, 0) is 9.53 Å². The second-order valence-electron chi connectivity index (χ2n) is 6.38. The van der Waals surface area contributed by atoms with Crippen molar-refractivity contribution in [3.05, 3.63) is 24.5 Å². The van der Waals surface area contributed by atoms with Gasteiger partial charge >= 0.3 is 5.97 Å². The zero-order valence-electron chi connectivity index (χ0n) is 16.7. The van der Waals surface area contributed by atoms with Crippen LogP contribution in [0.4, 0.5) is 11.6 Å². The van der Waals surface area contributed by atoms with Crippen LogP contribution in [0, 0.1) is 0 Å². The molecule has 0 radical (unpaired) electrons. The van der Waals surface area contributed by atoms with Gasteiger partial charge in [-0.15, -0.1) is 5.10 Å². The molecular formula is C19H23N5O5. The molecule has 3 rings (SSSR count). The summed E-state index contributed by atoms with van der Waals surface area (Å²) in [6.45, 7) is 6.05. The van der Waals surface area contributed by atoms with E-state index in [2.05, 4.69) is 25.5 Å². The molecule has 154 valence electrons. The van der Waals surface area contributed by atoms with Crippen LogP contribution in [0.1, 0.15) is 20.8 Å². The molecular weight excluding hydrogens is 378 g/mol. The largest absolute Gasteiger partial charge is 0.491 e. The van der Waals surface area contributed by atoms with Crippen molar-refractivity contribution in [1.29, 1.82) is 0 Å². The number of aromatic amines is 1. The Balaban J connectivity index is 1.96. The number of fused-ring (bicyclic) bond motifs is 1. The second-order valence-corrected chi connectivity index (χ2v) is 6.38. The molecule has 0 aliphatic heterocycles. The first kappa shape index (κ1) is 20.3. The Kier molecular flexibility index (Phi) is 6.45. The molecule has 2 heterocycles. The van der Waals surface area contributed by atoms with Crippen LogP contribution in [0.2, 0.25) is 0 Å². The van der Waals surface area contributed by atoms with Crippen LogP contribution in [-0.4, -0.2) is 52.6 Å². The van der Waals surface area contributed by atoms with E-state index in [1.54, 1.807) is 19.2 Å². The fourth-order valence-electron chi connectivity index (χ4n) is 2.59. The molecule has 2 aromatic heterocycles. The molecule has 1 aromatic carbocycles. The highest BCUT2D eigenvalue weighted by Gasteiger charge is 2.15. The van der Waals surface area contributed by atoms with Crippen LogP contribution in [0.15, 0.2) is 24.5 Å². The van der Waals surface area contributed by atoms with Crippen LogP contribution < -0.4 is 19.5 Å². The Morgan fingerprint density at radius 1 is 1.21 bits per heavy atom. The summed E-state index contributed by atoms with van der Waals surface area (Å²) in [4.78, 5) is 19.7. The van der Waals surface area contributed by atoms with Gasteiger partial charge in [-0.1, -0.05) is 0 Å². The molecule has 10 heteroatoms. The van der Waals surface area contributed by atoms with Crippen LogP contribution in [0.25, 0.3) is 10.9 Å². The van der Waals surface area contributed by atoms with Crippen molar-refractivity contribution in [3.63, 3.8) is 0 Å². The molecule has 3 aromatic rings. The van der Waals surface area contributed by atoms with Crippen LogP contribution in [0.5, 0.6) is 17.4 Å². The third-order valence-corrected chi connectivity index (χ3v) is 3.65. The first-order valence-corrected chi connectivity index (χ1v) is 9.04. The molecule has 29 heavy (non-hydrogen) atoms. The fraction of sp³-hybridized carbons (Fsp3) is 0.368. The van der Waals surface area contributed by atoms with Gasteiger partial charge in [0.15, 0.2) is 0 Å². The van der Waals surface area contributed by atoms with Crippen molar-refractivity contribution in [2.45, 2.75) is 26.9 Å². The molecule has 0 spiro atoms. The second kappa shape index (κ2) is 9.20. The first-order valence-electron chi connectivity index (χ1n) is 9.04. The minimum Gasteiger partial charge on any atom is -0.491 e. The Bertz CT molecular complexity index is 988. The summed E-state index contributed by atoms with van der Waals surface area (Å²) < 4.78 is 21.7. The van der Waals surface area contributed by atoms with Crippen LogP contribution >= 0.6 is 0 Å². The van der Waals surface area contributed by atoms with E-state index in [1.165, 1.54) is 13.3 Å². The average molecular weight is 401 g/mol. The van der Waals surface area contributed by atoms with Crippen molar-refractivity contribution >= 4 is 28.5 Å². The predicted molar refractivity (Wildman–Crippen MR) is 106 cm³/mol. The van der Waals surface area contributed by atoms with E-state index in [4.69, 9.17) is 18.9 Å². The molecule has 0 aliphatic rings. The van der Waals surface area contributed by atoms with Crippen molar-refractivity contribution in [2.75, 3.05) is 25.6 Å². The number of nitrogens with one attached hydrogen (secondary N) is 2. The normalized spacial score (nSPS) is 10.9. The zero-order chi connectivity index (χ0) is 20.8. The molecule has 2 N–H and O–H groups in total. The molecule has 0 saturated heterocycles. The van der Waals surface area contributed by atoms with Gasteiger partial charge in [-0.2, -0.15) is 0 Å². The number of carbonyl (C=O) groups is 1. The number of esters is 1. The molecule has 0 fully saturated rings. The monoisotopic (exact) mass is 401 g/mol. The summed E-state index contributed by atoms with van der Waals surface area (Å²) in [5, 5.41) is 10.5. The molecule has 0 bridgehead atoms. The number of anilines is 2. The molecule has 0 aliphatic carbocycles. The number of hydrogen-bond acceptors (Lipinski definition) is 9. The molecule has 0 saturated carbocycles. The number of benzene rings is 1. The maximum atomic E-state index is 11.1. The lowest BCUT2D eigenvalue weighted by atomic mass is 10.2. The lowest BCUT2D eigenvalue weighted by Crippen LogP contribution is -2.09. The van der Waals surface area contributed by atoms with E-state index in [-0.39, 0.29) is 12.0 Å². The van der Waals surface area contributed by atoms with E-state index in [1.807, 2.05) is 19.9 Å². The molecule has 0 amide bonds. The van der Waals surface area contributed by atoms with Crippen molar-refractivity contribution in [1.82, 2.24) is 20.2 Å². The summed E-state index contributed by atoms with van der Waals surface area (Å²) >= 11 is 0. The average Bonchev–Trinajstić information content (AvgIpc) is 3.07. The SMILES string of the molecule is COCCOc1cc(OC(C)C)c2c(Nc3cc(OC(C)=O)n[nH]3)ncnc2c1. The number of rotatable bonds is 9. The minimum atomic E-state index is -0.454. The first-order chi connectivity index (χ1) is 14.0. The van der Waals surface area contributed by atoms with Gasteiger partial charge in [0.2, 0.25) is 5.88 Å². The predicted octanol–water partition coefficient (Wildman–Crippen LogP) is 2.83. The standard InChI is InChI=1S/C19H23N5O5/c1-11(2)28-15-8-13(27-6-5-26-4)7-14-18(15)19(21-10-20-14)22-16-9-17(24-23-16)29-12(3)25/h7-11H,5-6H2,1-4H3,(H2,20,21,22,23,24). The maximum Gasteiger partial charge on any atom is 0.309 e. The van der Waals surface area contributed by atoms with Crippen LogP contribution in [0.3, 0.4) is 0 Å². The lowest BCUT2D eigenvalue weighted by molar-refractivity contribution is -0.132. The number of carbonyl (C=O) groups excluding carboxylic acids is 1. The zero-order valence-corrected chi connectivity index (χ0v) is 16.7. The van der Waals surface area contributed by atoms with Gasteiger partial charge in [-0.3, -0.25) is 9.89 Å². The van der Waals surface area contributed by atoms with Crippen molar-refractivity contribution < 1.29 is 23.7 Å². The number of ether oxygens (including phenoxy) is 4. The third-order valence-electron chi connectivity index (χ3n) is 3.65. The Morgan fingerprint density at radius 3 is 2.76 bits per heavy atom. The van der Waals surface area contributed by atoms with Gasteiger partial charge < -0.3 is 24.3 Å². The summed E-state index contributed by atoms with van der Waals surface area (Å²) in [5.74, 6) is 1.90. The van der Waals surface area contributed by atoms with E-state index in [9.17, 15) is 4.79 Å². The third kappa shape index (κ3) is 5.32. The van der Waals surface area contributed by atoms with Crippen molar-refractivity contribution in [2.24, 2.45) is 0 Å². The van der Waals surface area contributed by atoms with Gasteiger partial charge in [-0.25, -0.2) is 9.97 Å². The fourth-order valence-corrected chi connectivity index (χ4v) is 2.59. The Hall–Kier alpha value is -3.40. The summed E-state index contributed by atoms with van der Waals surface area (Å²) in [6.07, 6.45) is 1.37. The van der Waals surface area contributed by atoms with Gasteiger partial charge in [0, 0.05) is 32.2 Å². The van der Waals surface area contributed by atoms with Crippen molar-refractivity contribution in [3.8, 4) is 17.4 Å². The molecule has 0 unspecified atom stereocenters. The quantitative estimate of drug-likeness (QED) is 0.412.